The zero-order valence-electron chi connectivity index (χ0n) is 9.25. The molecule has 0 bridgehead atoms. The zero-order chi connectivity index (χ0) is 11.1. The highest BCUT2D eigenvalue weighted by molar-refractivity contribution is 5.22. The number of halogens is 1. The van der Waals surface area contributed by atoms with Crippen LogP contribution in [0.15, 0.2) is 24.3 Å². The second-order valence-electron chi connectivity index (χ2n) is 3.80. The fourth-order valence-corrected chi connectivity index (χ4v) is 1.50. The molecular formula is C12H19FN2. The number of alkyl halides is 1. The Bertz CT molecular complexity index is 271. The second-order valence-corrected chi connectivity index (χ2v) is 3.80. The average molecular weight is 210 g/mol. The molecule has 84 valence electrons. The van der Waals surface area contributed by atoms with E-state index in [-0.39, 0.29) is 6.67 Å². The van der Waals surface area contributed by atoms with Crippen molar-refractivity contribution < 1.29 is 4.39 Å². The van der Waals surface area contributed by atoms with Crippen molar-refractivity contribution in [1.82, 2.24) is 4.90 Å². The standard InChI is InChI=1S/C12H19FN2/c1-15(8-2-7-13)10-12-5-3-11(9-14)4-6-12/h3-6H,2,7-10,14H2,1H3. The lowest BCUT2D eigenvalue weighted by molar-refractivity contribution is 0.303. The number of nitrogens with two attached hydrogens (primary N) is 1. The Hall–Kier alpha value is -0.930. The molecule has 0 spiro atoms. The molecule has 15 heavy (non-hydrogen) atoms. The van der Waals surface area contributed by atoms with E-state index in [0.29, 0.717) is 13.0 Å². The summed E-state index contributed by atoms with van der Waals surface area (Å²) >= 11 is 0. The Morgan fingerprint density at radius 2 is 1.80 bits per heavy atom. The van der Waals surface area contributed by atoms with Crippen LogP contribution in [0, 0.1) is 0 Å². The van der Waals surface area contributed by atoms with Gasteiger partial charge in [-0.3, -0.25) is 4.39 Å². The van der Waals surface area contributed by atoms with Gasteiger partial charge >= 0.3 is 0 Å². The van der Waals surface area contributed by atoms with E-state index in [1.54, 1.807) is 0 Å². The van der Waals surface area contributed by atoms with E-state index in [4.69, 9.17) is 5.73 Å². The van der Waals surface area contributed by atoms with Crippen LogP contribution in [-0.2, 0) is 13.1 Å². The maximum absolute atomic E-state index is 12.0. The van der Waals surface area contributed by atoms with Gasteiger partial charge in [0.15, 0.2) is 0 Å². The summed E-state index contributed by atoms with van der Waals surface area (Å²) in [6, 6.07) is 8.24. The van der Waals surface area contributed by atoms with Crippen molar-refractivity contribution in [3.63, 3.8) is 0 Å². The van der Waals surface area contributed by atoms with Gasteiger partial charge in [-0.25, -0.2) is 0 Å². The van der Waals surface area contributed by atoms with Gasteiger partial charge in [0, 0.05) is 19.6 Å². The van der Waals surface area contributed by atoms with Crippen molar-refractivity contribution in [3.05, 3.63) is 35.4 Å². The van der Waals surface area contributed by atoms with Crippen molar-refractivity contribution in [3.8, 4) is 0 Å². The number of hydrogen-bond donors (Lipinski definition) is 1. The van der Waals surface area contributed by atoms with Crippen molar-refractivity contribution >= 4 is 0 Å². The highest BCUT2D eigenvalue weighted by atomic mass is 19.1. The topological polar surface area (TPSA) is 29.3 Å². The summed E-state index contributed by atoms with van der Waals surface area (Å²) in [5, 5.41) is 0. The summed E-state index contributed by atoms with van der Waals surface area (Å²) < 4.78 is 12.0. The smallest absolute Gasteiger partial charge is 0.0906 e. The lowest BCUT2D eigenvalue weighted by Gasteiger charge is -2.15. The molecule has 2 nitrogen and oxygen atoms in total. The van der Waals surface area contributed by atoms with E-state index < -0.39 is 0 Å². The molecule has 1 rings (SSSR count). The molecule has 0 heterocycles. The largest absolute Gasteiger partial charge is 0.326 e. The third-order valence-corrected chi connectivity index (χ3v) is 2.38. The quantitative estimate of drug-likeness (QED) is 0.777. The van der Waals surface area contributed by atoms with Crippen LogP contribution in [0.5, 0.6) is 0 Å². The van der Waals surface area contributed by atoms with Gasteiger partial charge in [-0.1, -0.05) is 24.3 Å². The van der Waals surface area contributed by atoms with Gasteiger partial charge < -0.3 is 10.6 Å². The Balaban J connectivity index is 2.42. The molecule has 1 aromatic rings. The maximum atomic E-state index is 12.0. The van der Waals surface area contributed by atoms with Crippen LogP contribution in [0.4, 0.5) is 4.39 Å². The van der Waals surface area contributed by atoms with E-state index in [0.717, 1.165) is 18.7 Å². The third-order valence-electron chi connectivity index (χ3n) is 2.38. The van der Waals surface area contributed by atoms with E-state index in [1.807, 2.05) is 19.2 Å². The Morgan fingerprint density at radius 1 is 1.20 bits per heavy atom. The van der Waals surface area contributed by atoms with Gasteiger partial charge in [-0.05, 0) is 24.6 Å². The molecule has 3 heteroatoms. The molecule has 0 aromatic heterocycles. The second kappa shape index (κ2) is 6.53. The first-order valence-corrected chi connectivity index (χ1v) is 5.28. The zero-order valence-corrected chi connectivity index (χ0v) is 9.25. The summed E-state index contributed by atoms with van der Waals surface area (Å²) in [4.78, 5) is 2.12. The van der Waals surface area contributed by atoms with Crippen molar-refractivity contribution in [1.29, 1.82) is 0 Å². The fourth-order valence-electron chi connectivity index (χ4n) is 1.50. The number of benzene rings is 1. The molecule has 0 amide bonds. The summed E-state index contributed by atoms with van der Waals surface area (Å²) in [6.07, 6.45) is 0.609. The first kappa shape index (κ1) is 12.1. The third kappa shape index (κ3) is 4.40. The van der Waals surface area contributed by atoms with Crippen LogP contribution < -0.4 is 5.73 Å². The van der Waals surface area contributed by atoms with Crippen LogP contribution in [0.1, 0.15) is 17.5 Å². The van der Waals surface area contributed by atoms with Crippen LogP contribution in [0.3, 0.4) is 0 Å². The number of rotatable bonds is 6. The molecular weight excluding hydrogens is 191 g/mol. The van der Waals surface area contributed by atoms with Gasteiger partial charge in [0.25, 0.3) is 0 Å². The van der Waals surface area contributed by atoms with Gasteiger partial charge in [-0.15, -0.1) is 0 Å². The minimum absolute atomic E-state index is 0.240. The van der Waals surface area contributed by atoms with E-state index in [9.17, 15) is 4.39 Å². The van der Waals surface area contributed by atoms with Crippen molar-refractivity contribution in [2.45, 2.75) is 19.5 Å². The molecule has 0 aliphatic heterocycles. The predicted octanol–water partition coefficient (Wildman–Crippen LogP) is 1.94. The van der Waals surface area contributed by atoms with E-state index >= 15 is 0 Å². The molecule has 0 radical (unpaired) electrons. The SMILES string of the molecule is CN(CCCF)Cc1ccc(CN)cc1. The first-order valence-electron chi connectivity index (χ1n) is 5.28. The van der Waals surface area contributed by atoms with Crippen LogP contribution in [-0.4, -0.2) is 25.2 Å². The molecule has 0 aliphatic rings. The molecule has 2 N–H and O–H groups in total. The Labute approximate surface area is 90.9 Å². The Kier molecular flexibility index (Phi) is 5.29. The van der Waals surface area contributed by atoms with E-state index in [1.165, 1.54) is 5.56 Å². The average Bonchev–Trinajstić information content (AvgIpc) is 2.27. The van der Waals surface area contributed by atoms with Gasteiger partial charge in [0.2, 0.25) is 0 Å². The number of nitrogens with zero attached hydrogens (tertiary/aromatic N) is 1. The molecule has 0 saturated carbocycles. The van der Waals surface area contributed by atoms with Gasteiger partial charge in [0.05, 0.1) is 6.67 Å². The molecule has 0 atom stereocenters. The van der Waals surface area contributed by atoms with Crippen LogP contribution in [0.2, 0.25) is 0 Å². The Morgan fingerprint density at radius 3 is 2.33 bits per heavy atom. The minimum atomic E-state index is -0.240. The van der Waals surface area contributed by atoms with Crippen LogP contribution in [0.25, 0.3) is 0 Å². The highest BCUT2D eigenvalue weighted by Crippen LogP contribution is 2.06. The monoisotopic (exact) mass is 210 g/mol. The number of hydrogen-bond acceptors (Lipinski definition) is 2. The summed E-state index contributed by atoms with van der Waals surface area (Å²) in [7, 11) is 2.01. The first-order chi connectivity index (χ1) is 7.26. The van der Waals surface area contributed by atoms with Gasteiger partial charge in [-0.2, -0.15) is 0 Å². The summed E-state index contributed by atoms with van der Waals surface area (Å²) in [5.74, 6) is 0. The van der Waals surface area contributed by atoms with Gasteiger partial charge in [0.1, 0.15) is 0 Å². The summed E-state index contributed by atoms with van der Waals surface area (Å²) in [5.41, 5.74) is 7.90. The minimum Gasteiger partial charge on any atom is -0.326 e. The fraction of sp³-hybridized carbons (Fsp3) is 0.500. The molecule has 0 unspecified atom stereocenters. The lowest BCUT2D eigenvalue weighted by Crippen LogP contribution is -2.19. The van der Waals surface area contributed by atoms with Crippen molar-refractivity contribution in [2.75, 3.05) is 20.3 Å². The highest BCUT2D eigenvalue weighted by Gasteiger charge is 1.99. The maximum Gasteiger partial charge on any atom is 0.0906 e. The lowest BCUT2D eigenvalue weighted by atomic mass is 10.1. The normalized spacial score (nSPS) is 10.9. The molecule has 0 aliphatic carbocycles. The predicted molar refractivity (Wildman–Crippen MR) is 61.3 cm³/mol. The molecule has 0 fully saturated rings. The molecule has 0 saturated heterocycles. The van der Waals surface area contributed by atoms with Crippen molar-refractivity contribution in [2.24, 2.45) is 5.73 Å². The van der Waals surface area contributed by atoms with Crippen LogP contribution >= 0.6 is 0 Å². The summed E-state index contributed by atoms with van der Waals surface area (Å²) in [6.45, 7) is 2.01. The molecule has 1 aromatic carbocycles. The van der Waals surface area contributed by atoms with E-state index in [2.05, 4.69) is 17.0 Å².